The van der Waals surface area contributed by atoms with Gasteiger partial charge in [0.15, 0.2) is 17.1 Å². The van der Waals surface area contributed by atoms with E-state index in [9.17, 15) is 4.79 Å². The summed E-state index contributed by atoms with van der Waals surface area (Å²) in [4.78, 5) is 13.0. The Morgan fingerprint density at radius 2 is 1.73 bits per heavy atom. The molecule has 1 N–H and O–H groups in total. The van der Waals surface area contributed by atoms with Gasteiger partial charge in [-0.2, -0.15) is 0 Å². The number of aromatic nitrogens is 1. The van der Waals surface area contributed by atoms with Crippen LogP contribution in [0.5, 0.6) is 11.5 Å². The first-order valence-electron chi connectivity index (χ1n) is 9.89. The summed E-state index contributed by atoms with van der Waals surface area (Å²) in [5, 5.41) is 3.01. The number of aryl methyl sites for hydroxylation is 2. The van der Waals surface area contributed by atoms with Gasteiger partial charge in [-0.1, -0.05) is 35.9 Å². The third kappa shape index (κ3) is 3.41. The predicted octanol–water partition coefficient (Wildman–Crippen LogP) is 4.56. The van der Waals surface area contributed by atoms with Gasteiger partial charge in [-0.15, -0.1) is 0 Å². The molecule has 0 saturated heterocycles. The number of ether oxygens (including phenoxy) is 2. The van der Waals surface area contributed by atoms with E-state index >= 15 is 0 Å². The van der Waals surface area contributed by atoms with E-state index in [1.165, 1.54) is 5.56 Å². The standard InChI is InChI=1S/C24H22N2O4/c1-15-3-5-17(6-4-15)13-26-19-9-16(2)30-22(19)11-20(26)24(27)25-12-18-7-8-21-23(10-18)29-14-28-21/h3-11H,12-14H2,1-2H3,(H,25,27). The monoisotopic (exact) mass is 402 g/mol. The zero-order valence-corrected chi connectivity index (χ0v) is 16.9. The van der Waals surface area contributed by atoms with Gasteiger partial charge < -0.3 is 23.8 Å². The molecule has 6 heteroatoms. The minimum Gasteiger partial charge on any atom is -0.460 e. The second-order valence-corrected chi connectivity index (χ2v) is 7.58. The summed E-state index contributed by atoms with van der Waals surface area (Å²) in [6.45, 7) is 5.19. The summed E-state index contributed by atoms with van der Waals surface area (Å²) in [6, 6.07) is 17.8. The summed E-state index contributed by atoms with van der Waals surface area (Å²) in [6.07, 6.45) is 0. The SMILES string of the molecule is Cc1ccc(Cn2c(C(=O)NCc3ccc4c(c3)OCO4)cc3oc(C)cc32)cc1. The zero-order chi connectivity index (χ0) is 20.7. The molecule has 0 radical (unpaired) electrons. The Morgan fingerprint density at radius 1 is 0.967 bits per heavy atom. The lowest BCUT2D eigenvalue weighted by Crippen LogP contribution is -2.25. The number of fused-ring (bicyclic) bond motifs is 2. The number of rotatable bonds is 5. The molecule has 0 atom stereocenters. The number of nitrogens with one attached hydrogen (secondary N) is 1. The molecule has 0 saturated carbocycles. The van der Waals surface area contributed by atoms with Gasteiger partial charge in [-0.3, -0.25) is 4.79 Å². The Kier molecular flexibility index (Phi) is 4.47. The molecule has 4 aromatic rings. The zero-order valence-electron chi connectivity index (χ0n) is 16.9. The average molecular weight is 402 g/mol. The number of benzene rings is 2. The highest BCUT2D eigenvalue weighted by molar-refractivity contribution is 5.97. The van der Waals surface area contributed by atoms with Crippen LogP contribution in [0.1, 0.15) is 32.9 Å². The van der Waals surface area contributed by atoms with Crippen molar-refractivity contribution in [3.05, 3.63) is 82.7 Å². The van der Waals surface area contributed by atoms with Crippen LogP contribution in [0.25, 0.3) is 11.1 Å². The van der Waals surface area contributed by atoms with Crippen LogP contribution in [0.15, 0.2) is 59.0 Å². The van der Waals surface area contributed by atoms with Crippen LogP contribution < -0.4 is 14.8 Å². The van der Waals surface area contributed by atoms with Crippen LogP contribution in [0.2, 0.25) is 0 Å². The van der Waals surface area contributed by atoms with E-state index in [1.54, 1.807) is 0 Å². The van der Waals surface area contributed by atoms with Crippen molar-refractivity contribution in [3.63, 3.8) is 0 Å². The Bertz CT molecular complexity index is 1230. The molecular formula is C24H22N2O4. The number of furan rings is 1. The van der Waals surface area contributed by atoms with Crippen LogP contribution in [-0.2, 0) is 13.1 Å². The Morgan fingerprint density at radius 3 is 2.57 bits per heavy atom. The van der Waals surface area contributed by atoms with Crippen molar-refractivity contribution in [3.8, 4) is 11.5 Å². The summed E-state index contributed by atoms with van der Waals surface area (Å²) in [7, 11) is 0. The van der Waals surface area contributed by atoms with E-state index in [-0.39, 0.29) is 12.7 Å². The molecule has 2 aromatic heterocycles. The number of nitrogens with zero attached hydrogens (tertiary/aromatic N) is 1. The maximum atomic E-state index is 13.0. The normalized spacial score (nSPS) is 12.5. The second kappa shape index (κ2) is 7.30. The Hall–Kier alpha value is -3.67. The lowest BCUT2D eigenvalue weighted by Gasteiger charge is -2.11. The van der Waals surface area contributed by atoms with Crippen LogP contribution >= 0.6 is 0 Å². The van der Waals surface area contributed by atoms with Crippen molar-refractivity contribution >= 4 is 17.0 Å². The molecule has 1 aliphatic heterocycles. The first-order chi connectivity index (χ1) is 14.6. The molecule has 1 aliphatic rings. The molecule has 30 heavy (non-hydrogen) atoms. The second-order valence-electron chi connectivity index (χ2n) is 7.58. The molecule has 1 amide bonds. The Labute approximate surface area is 174 Å². The smallest absolute Gasteiger partial charge is 0.268 e. The first kappa shape index (κ1) is 18.4. The van der Waals surface area contributed by atoms with E-state index in [0.29, 0.717) is 30.1 Å². The van der Waals surface area contributed by atoms with Crippen molar-refractivity contribution in [2.75, 3.05) is 6.79 Å². The quantitative estimate of drug-likeness (QED) is 0.532. The first-order valence-corrected chi connectivity index (χ1v) is 9.89. The van der Waals surface area contributed by atoms with E-state index in [4.69, 9.17) is 13.9 Å². The minimum absolute atomic E-state index is 0.149. The van der Waals surface area contributed by atoms with Gasteiger partial charge in [0.2, 0.25) is 6.79 Å². The molecule has 0 aliphatic carbocycles. The molecule has 3 heterocycles. The fourth-order valence-electron chi connectivity index (χ4n) is 3.72. The topological polar surface area (TPSA) is 65.6 Å². The number of hydrogen-bond donors (Lipinski definition) is 1. The van der Waals surface area contributed by atoms with E-state index in [2.05, 4.69) is 36.5 Å². The molecule has 0 spiro atoms. The van der Waals surface area contributed by atoms with Crippen LogP contribution in [0.3, 0.4) is 0 Å². The number of amides is 1. The molecular weight excluding hydrogens is 380 g/mol. The minimum atomic E-state index is -0.149. The highest BCUT2D eigenvalue weighted by atomic mass is 16.7. The number of carbonyl (C=O) groups is 1. The van der Waals surface area contributed by atoms with Crippen LogP contribution in [0, 0.1) is 13.8 Å². The average Bonchev–Trinajstić information content (AvgIpc) is 3.42. The highest BCUT2D eigenvalue weighted by Crippen LogP contribution is 2.32. The van der Waals surface area contributed by atoms with Crippen LogP contribution in [0.4, 0.5) is 0 Å². The third-order valence-corrected chi connectivity index (χ3v) is 5.30. The lowest BCUT2D eigenvalue weighted by atomic mass is 10.1. The molecule has 6 nitrogen and oxygen atoms in total. The fraction of sp³-hybridized carbons (Fsp3) is 0.208. The largest absolute Gasteiger partial charge is 0.460 e. The van der Waals surface area contributed by atoms with Crippen molar-refractivity contribution in [2.45, 2.75) is 26.9 Å². The summed E-state index contributed by atoms with van der Waals surface area (Å²) < 4.78 is 18.5. The fourth-order valence-corrected chi connectivity index (χ4v) is 3.72. The maximum Gasteiger partial charge on any atom is 0.268 e. The van der Waals surface area contributed by atoms with Crippen molar-refractivity contribution in [1.82, 2.24) is 9.88 Å². The predicted molar refractivity (Wildman–Crippen MR) is 113 cm³/mol. The van der Waals surface area contributed by atoms with Crippen molar-refractivity contribution < 1.29 is 18.7 Å². The van der Waals surface area contributed by atoms with Gasteiger partial charge >= 0.3 is 0 Å². The van der Waals surface area contributed by atoms with Gasteiger partial charge in [0.25, 0.3) is 5.91 Å². The van der Waals surface area contributed by atoms with E-state index < -0.39 is 0 Å². The molecule has 0 unspecified atom stereocenters. The van der Waals surface area contributed by atoms with Gasteiger partial charge in [-0.25, -0.2) is 0 Å². The Balaban J connectivity index is 1.40. The molecule has 2 aromatic carbocycles. The lowest BCUT2D eigenvalue weighted by molar-refractivity contribution is 0.0942. The van der Waals surface area contributed by atoms with Crippen LogP contribution in [-0.4, -0.2) is 17.3 Å². The van der Waals surface area contributed by atoms with Crippen molar-refractivity contribution in [1.29, 1.82) is 0 Å². The number of carbonyl (C=O) groups excluding carboxylic acids is 1. The molecule has 0 fully saturated rings. The van der Waals surface area contributed by atoms with Gasteiger partial charge in [0.1, 0.15) is 11.5 Å². The third-order valence-electron chi connectivity index (χ3n) is 5.30. The highest BCUT2D eigenvalue weighted by Gasteiger charge is 2.19. The maximum absolute atomic E-state index is 13.0. The van der Waals surface area contributed by atoms with Gasteiger partial charge in [0, 0.05) is 25.2 Å². The van der Waals surface area contributed by atoms with E-state index in [1.807, 2.05) is 41.8 Å². The van der Waals surface area contributed by atoms with Gasteiger partial charge in [-0.05, 0) is 37.1 Å². The van der Waals surface area contributed by atoms with E-state index in [0.717, 1.165) is 28.2 Å². The molecule has 152 valence electrons. The van der Waals surface area contributed by atoms with Crippen molar-refractivity contribution in [2.24, 2.45) is 0 Å². The molecule has 0 bridgehead atoms. The molecule has 5 rings (SSSR count). The van der Waals surface area contributed by atoms with Gasteiger partial charge in [0.05, 0.1) is 5.52 Å². The number of hydrogen-bond acceptors (Lipinski definition) is 4. The summed E-state index contributed by atoms with van der Waals surface area (Å²) in [5.41, 5.74) is 5.49. The summed E-state index contributed by atoms with van der Waals surface area (Å²) >= 11 is 0. The summed E-state index contributed by atoms with van der Waals surface area (Å²) in [5.74, 6) is 2.11.